The Morgan fingerprint density at radius 1 is 1.10 bits per heavy atom. The van der Waals surface area contributed by atoms with Crippen LogP contribution in [0.1, 0.15) is 55.3 Å². The van der Waals surface area contributed by atoms with E-state index in [0.29, 0.717) is 0 Å². The van der Waals surface area contributed by atoms with Gasteiger partial charge in [-0.2, -0.15) is 0 Å². The minimum absolute atomic E-state index is 0.217. The van der Waals surface area contributed by atoms with Crippen molar-refractivity contribution in [3.8, 4) is 0 Å². The van der Waals surface area contributed by atoms with Crippen molar-refractivity contribution >= 4 is 11.6 Å². The third-order valence-electron chi connectivity index (χ3n) is 5.14. The molecule has 0 radical (unpaired) electrons. The molecule has 3 heteroatoms. The summed E-state index contributed by atoms with van der Waals surface area (Å²) >= 11 is 6.63. The predicted octanol–water partition coefficient (Wildman–Crippen LogP) is 3.98. The van der Waals surface area contributed by atoms with Crippen molar-refractivity contribution in [3.63, 3.8) is 0 Å². The van der Waals surface area contributed by atoms with Crippen molar-refractivity contribution in [2.75, 3.05) is 19.7 Å². The highest BCUT2D eigenvalue weighted by molar-refractivity contribution is 6.31. The first-order valence-electron chi connectivity index (χ1n) is 8.37. The van der Waals surface area contributed by atoms with E-state index in [-0.39, 0.29) is 18.6 Å². The summed E-state index contributed by atoms with van der Waals surface area (Å²) < 4.78 is 0. The van der Waals surface area contributed by atoms with Crippen LogP contribution in [0.2, 0.25) is 5.02 Å². The van der Waals surface area contributed by atoms with E-state index in [1.54, 1.807) is 0 Å². The molecule has 2 atom stereocenters. The summed E-state index contributed by atoms with van der Waals surface area (Å²) in [6.45, 7) is 4.61. The van der Waals surface area contributed by atoms with Gasteiger partial charge in [-0.1, -0.05) is 24.6 Å². The Balaban J connectivity index is 1.97. The zero-order valence-corrected chi connectivity index (χ0v) is 13.7. The highest BCUT2D eigenvalue weighted by Gasteiger charge is 2.30. The Morgan fingerprint density at radius 2 is 1.71 bits per heavy atom. The Hall–Kier alpha value is -0.570. The second-order valence-electron chi connectivity index (χ2n) is 6.70. The van der Waals surface area contributed by atoms with Crippen molar-refractivity contribution in [3.05, 3.63) is 33.8 Å². The Bertz CT molecular complexity index is 496. The van der Waals surface area contributed by atoms with Gasteiger partial charge in [-0.25, -0.2) is 0 Å². The second kappa shape index (κ2) is 6.68. The molecule has 1 N–H and O–H groups in total. The van der Waals surface area contributed by atoms with Gasteiger partial charge in [0.15, 0.2) is 0 Å². The maximum absolute atomic E-state index is 9.69. The first-order chi connectivity index (χ1) is 10.2. The fourth-order valence-corrected chi connectivity index (χ4v) is 4.28. The quantitative estimate of drug-likeness (QED) is 0.909. The molecule has 2 nitrogen and oxygen atoms in total. The van der Waals surface area contributed by atoms with Gasteiger partial charge in [0.05, 0.1) is 0 Å². The van der Waals surface area contributed by atoms with Crippen LogP contribution in [-0.2, 0) is 12.8 Å². The van der Waals surface area contributed by atoms with E-state index in [9.17, 15) is 5.11 Å². The topological polar surface area (TPSA) is 23.5 Å². The SMILES string of the molecule is CC(CO)C(c1cc2c(cc1Cl)CCCC2)N1CCCC1. The largest absolute Gasteiger partial charge is 0.396 e. The molecule has 0 bridgehead atoms. The monoisotopic (exact) mass is 307 g/mol. The van der Waals surface area contributed by atoms with Crippen LogP contribution in [0.15, 0.2) is 12.1 Å². The number of benzene rings is 1. The maximum atomic E-state index is 9.69. The molecule has 3 rings (SSSR count). The lowest BCUT2D eigenvalue weighted by Gasteiger charge is -2.33. The van der Waals surface area contributed by atoms with E-state index in [0.717, 1.165) is 18.1 Å². The summed E-state index contributed by atoms with van der Waals surface area (Å²) in [5, 5.41) is 10.6. The molecule has 1 aliphatic heterocycles. The van der Waals surface area contributed by atoms with Gasteiger partial charge in [-0.05, 0) is 80.3 Å². The number of hydrogen-bond donors (Lipinski definition) is 1. The smallest absolute Gasteiger partial charge is 0.0474 e. The van der Waals surface area contributed by atoms with Crippen molar-refractivity contribution in [1.82, 2.24) is 4.90 Å². The molecule has 116 valence electrons. The first kappa shape index (κ1) is 15.3. The summed E-state index contributed by atoms with van der Waals surface area (Å²) in [6, 6.07) is 4.79. The normalized spacial score (nSPS) is 22.0. The van der Waals surface area contributed by atoms with E-state index < -0.39 is 0 Å². The molecule has 1 aromatic rings. The minimum Gasteiger partial charge on any atom is -0.396 e. The number of aryl methyl sites for hydroxylation is 2. The van der Waals surface area contributed by atoms with Gasteiger partial charge in [-0.3, -0.25) is 4.90 Å². The lowest BCUT2D eigenvalue weighted by molar-refractivity contribution is 0.126. The summed E-state index contributed by atoms with van der Waals surface area (Å²) in [5.41, 5.74) is 4.16. The van der Waals surface area contributed by atoms with E-state index >= 15 is 0 Å². The van der Waals surface area contributed by atoms with Crippen LogP contribution in [0.3, 0.4) is 0 Å². The van der Waals surface area contributed by atoms with E-state index in [4.69, 9.17) is 11.6 Å². The number of halogens is 1. The molecule has 1 aromatic carbocycles. The average molecular weight is 308 g/mol. The minimum atomic E-state index is 0.217. The third kappa shape index (κ3) is 3.13. The van der Waals surface area contributed by atoms with Gasteiger partial charge in [0.2, 0.25) is 0 Å². The molecule has 0 spiro atoms. The fraction of sp³-hybridized carbons (Fsp3) is 0.667. The third-order valence-corrected chi connectivity index (χ3v) is 5.47. The Kier molecular flexibility index (Phi) is 4.88. The van der Waals surface area contributed by atoms with Crippen LogP contribution in [0.25, 0.3) is 0 Å². The zero-order valence-electron chi connectivity index (χ0n) is 12.9. The van der Waals surface area contributed by atoms with Gasteiger partial charge < -0.3 is 5.11 Å². The van der Waals surface area contributed by atoms with Gasteiger partial charge in [0.25, 0.3) is 0 Å². The molecule has 1 aliphatic carbocycles. The van der Waals surface area contributed by atoms with E-state index in [2.05, 4.69) is 24.0 Å². The molecule has 2 unspecified atom stereocenters. The summed E-state index contributed by atoms with van der Waals surface area (Å²) in [6.07, 6.45) is 7.44. The van der Waals surface area contributed by atoms with Crippen LogP contribution < -0.4 is 0 Å². The number of aliphatic hydroxyl groups is 1. The number of nitrogens with zero attached hydrogens (tertiary/aromatic N) is 1. The molecule has 1 heterocycles. The molecule has 0 amide bonds. The summed E-state index contributed by atoms with van der Waals surface area (Å²) in [4.78, 5) is 2.51. The molecule has 21 heavy (non-hydrogen) atoms. The van der Waals surface area contributed by atoms with Gasteiger partial charge in [0, 0.05) is 17.7 Å². The van der Waals surface area contributed by atoms with Crippen molar-refractivity contribution in [2.45, 2.75) is 51.5 Å². The van der Waals surface area contributed by atoms with Crippen LogP contribution in [0.4, 0.5) is 0 Å². The van der Waals surface area contributed by atoms with Crippen LogP contribution >= 0.6 is 11.6 Å². The Morgan fingerprint density at radius 3 is 2.33 bits per heavy atom. The molecular formula is C18H26ClNO. The van der Waals surface area contributed by atoms with Gasteiger partial charge in [-0.15, -0.1) is 0 Å². The lowest BCUT2D eigenvalue weighted by atomic mass is 9.86. The van der Waals surface area contributed by atoms with Gasteiger partial charge >= 0.3 is 0 Å². The summed E-state index contributed by atoms with van der Waals surface area (Å²) in [5.74, 6) is 0.224. The zero-order chi connectivity index (χ0) is 14.8. The maximum Gasteiger partial charge on any atom is 0.0474 e. The van der Waals surface area contributed by atoms with Crippen LogP contribution in [-0.4, -0.2) is 29.7 Å². The molecule has 2 aliphatic rings. The standard InChI is InChI=1S/C18H26ClNO/c1-13(12-21)18(20-8-4-5-9-20)16-10-14-6-2-3-7-15(14)11-17(16)19/h10-11,13,18,21H,2-9,12H2,1H3. The fourth-order valence-electron chi connectivity index (χ4n) is 3.98. The van der Waals surface area contributed by atoms with Crippen LogP contribution in [0, 0.1) is 5.92 Å². The second-order valence-corrected chi connectivity index (χ2v) is 7.10. The average Bonchev–Trinajstić information content (AvgIpc) is 3.01. The number of aliphatic hydroxyl groups excluding tert-OH is 1. The summed E-state index contributed by atoms with van der Waals surface area (Å²) in [7, 11) is 0. The lowest BCUT2D eigenvalue weighted by Crippen LogP contribution is -2.32. The number of rotatable bonds is 4. The van der Waals surface area contributed by atoms with E-state index in [1.165, 1.54) is 55.2 Å². The van der Waals surface area contributed by atoms with Crippen LogP contribution in [0.5, 0.6) is 0 Å². The number of hydrogen-bond acceptors (Lipinski definition) is 2. The van der Waals surface area contributed by atoms with Crippen molar-refractivity contribution in [2.24, 2.45) is 5.92 Å². The highest BCUT2D eigenvalue weighted by atomic mass is 35.5. The predicted molar refractivity (Wildman–Crippen MR) is 87.9 cm³/mol. The van der Waals surface area contributed by atoms with E-state index in [1.807, 2.05) is 0 Å². The number of fused-ring (bicyclic) bond motifs is 1. The highest BCUT2D eigenvalue weighted by Crippen LogP contribution is 2.38. The van der Waals surface area contributed by atoms with Gasteiger partial charge in [0.1, 0.15) is 0 Å². The molecular weight excluding hydrogens is 282 g/mol. The molecule has 1 saturated heterocycles. The molecule has 0 saturated carbocycles. The van der Waals surface area contributed by atoms with Crippen molar-refractivity contribution < 1.29 is 5.11 Å². The first-order valence-corrected chi connectivity index (χ1v) is 8.74. The van der Waals surface area contributed by atoms with Crippen molar-refractivity contribution in [1.29, 1.82) is 0 Å². The Labute approximate surface area is 133 Å². The number of likely N-dealkylation sites (tertiary alicyclic amines) is 1. The molecule has 0 aromatic heterocycles. The molecule has 1 fully saturated rings.